The van der Waals surface area contributed by atoms with E-state index in [1.165, 1.54) is 11.1 Å². The molecule has 0 radical (unpaired) electrons. The zero-order valence-corrected chi connectivity index (χ0v) is 22.0. The highest BCUT2D eigenvalue weighted by Crippen LogP contribution is 2.23. The molecule has 1 amide bonds. The Morgan fingerprint density at radius 3 is 2.66 bits per heavy atom. The summed E-state index contributed by atoms with van der Waals surface area (Å²) in [7, 11) is 0. The summed E-state index contributed by atoms with van der Waals surface area (Å²) in [5.74, 6) is 1.46. The first kappa shape index (κ1) is 26.8. The molecule has 0 bridgehead atoms. The second kappa shape index (κ2) is 13.3. The van der Waals surface area contributed by atoms with Crippen LogP contribution in [0.2, 0.25) is 5.02 Å². The second-order valence-electron chi connectivity index (χ2n) is 9.16. The number of nitrogens with zero attached hydrogens (tertiary/aromatic N) is 2. The maximum absolute atomic E-state index is 13.0. The monoisotopic (exact) mass is 496 g/mol. The number of allylic oxidation sites excluding steroid dienone is 1. The Morgan fingerprint density at radius 2 is 1.94 bits per heavy atom. The molecule has 1 aliphatic rings. The number of fused-ring (bicyclic) bond motifs is 1. The second-order valence-corrected chi connectivity index (χ2v) is 9.60. The van der Waals surface area contributed by atoms with E-state index >= 15 is 0 Å². The predicted octanol–water partition coefficient (Wildman–Crippen LogP) is 5.20. The lowest BCUT2D eigenvalue weighted by Gasteiger charge is -2.16. The maximum atomic E-state index is 13.0. The number of ether oxygens (including phenoxy) is 1. The fourth-order valence-corrected chi connectivity index (χ4v) is 4.17. The van der Waals surface area contributed by atoms with Crippen molar-refractivity contribution in [2.45, 2.75) is 47.1 Å². The third-order valence-corrected chi connectivity index (χ3v) is 6.18. The van der Waals surface area contributed by atoms with Crippen molar-refractivity contribution < 1.29 is 9.53 Å². The van der Waals surface area contributed by atoms with Gasteiger partial charge in [-0.05, 0) is 79.8 Å². The Morgan fingerprint density at radius 1 is 1.17 bits per heavy atom. The highest BCUT2D eigenvalue weighted by molar-refractivity contribution is 6.30. The van der Waals surface area contributed by atoms with Crippen molar-refractivity contribution in [3.63, 3.8) is 0 Å². The molecule has 2 aromatic rings. The number of likely N-dealkylation sites (N-methyl/N-ethyl adjacent to an activating group) is 1. The van der Waals surface area contributed by atoms with Crippen molar-refractivity contribution in [1.82, 2.24) is 15.6 Å². The summed E-state index contributed by atoms with van der Waals surface area (Å²) >= 11 is 6.19. The summed E-state index contributed by atoms with van der Waals surface area (Å²) in [5.41, 5.74) is 7.18. The quantitative estimate of drug-likeness (QED) is 0.284. The predicted molar refractivity (Wildman–Crippen MR) is 144 cm³/mol. The lowest BCUT2D eigenvalue weighted by atomic mass is 10.00. The number of hydrazone groups is 1. The molecule has 2 N–H and O–H groups in total. The van der Waals surface area contributed by atoms with E-state index in [0.717, 1.165) is 43.8 Å². The topological polar surface area (TPSA) is 66.0 Å². The Balaban J connectivity index is 1.67. The number of rotatable bonds is 9. The molecule has 0 fully saturated rings. The van der Waals surface area contributed by atoms with Crippen molar-refractivity contribution in [3.8, 4) is 5.75 Å². The molecule has 6 nitrogen and oxygen atoms in total. The molecule has 0 saturated heterocycles. The standard InChI is InChI=1S/C28H37ClN4O2/c1-5-7-27(32-30-18-24-17-25(29)10-11-26(24)35-19-20(3)4)31-28(34)23-9-8-21-12-14-33(6-2)15-13-22(21)16-23/h5,7-11,16-17,20,30H,6,12-15,18-19H2,1-4H3,(H,31,32,34)/b7-5+. The lowest BCUT2D eigenvalue weighted by Crippen LogP contribution is -2.31. The fourth-order valence-electron chi connectivity index (χ4n) is 3.98. The highest BCUT2D eigenvalue weighted by atomic mass is 35.5. The molecular formula is C28H37ClN4O2. The van der Waals surface area contributed by atoms with Crippen LogP contribution in [-0.2, 0) is 19.4 Å². The summed E-state index contributed by atoms with van der Waals surface area (Å²) < 4.78 is 5.92. The SMILES string of the molecule is C/C=C/C(=N\NCc1cc(Cl)ccc1OCC(C)C)NC(=O)c1ccc2c(c1)CCN(CC)CC2. The van der Waals surface area contributed by atoms with Crippen LogP contribution in [0.4, 0.5) is 0 Å². The number of carbonyl (C=O) groups excluding carboxylic acids is 1. The third-order valence-electron chi connectivity index (χ3n) is 5.94. The minimum atomic E-state index is -0.174. The number of hydrogen-bond acceptors (Lipinski definition) is 5. The zero-order chi connectivity index (χ0) is 25.2. The number of nitrogens with one attached hydrogen (secondary N) is 2. The molecule has 1 heterocycles. The number of halogens is 1. The van der Waals surface area contributed by atoms with Crippen molar-refractivity contribution in [1.29, 1.82) is 0 Å². The number of hydrogen-bond donors (Lipinski definition) is 2. The molecule has 35 heavy (non-hydrogen) atoms. The molecule has 1 aliphatic heterocycles. The average Bonchev–Trinajstić information content (AvgIpc) is 3.05. The molecule has 0 spiro atoms. The van der Waals surface area contributed by atoms with E-state index in [-0.39, 0.29) is 5.91 Å². The Kier molecular flexibility index (Phi) is 10.2. The minimum Gasteiger partial charge on any atom is -0.493 e. The van der Waals surface area contributed by atoms with Gasteiger partial charge in [0, 0.05) is 29.2 Å². The average molecular weight is 497 g/mol. The lowest BCUT2D eigenvalue weighted by molar-refractivity contribution is 0.0977. The van der Waals surface area contributed by atoms with Crippen LogP contribution in [0.5, 0.6) is 5.75 Å². The van der Waals surface area contributed by atoms with Gasteiger partial charge in [-0.2, -0.15) is 5.10 Å². The number of amides is 1. The molecular weight excluding hydrogens is 460 g/mol. The van der Waals surface area contributed by atoms with Crippen LogP contribution < -0.4 is 15.5 Å². The first-order valence-electron chi connectivity index (χ1n) is 12.4. The molecule has 0 aliphatic carbocycles. The summed E-state index contributed by atoms with van der Waals surface area (Å²) in [6.45, 7) is 12.5. The van der Waals surface area contributed by atoms with Crippen molar-refractivity contribution in [3.05, 3.63) is 75.8 Å². The van der Waals surface area contributed by atoms with E-state index in [0.29, 0.717) is 35.5 Å². The van der Waals surface area contributed by atoms with Crippen molar-refractivity contribution in [2.75, 3.05) is 26.2 Å². The molecule has 0 atom stereocenters. The van der Waals surface area contributed by atoms with E-state index in [2.05, 4.69) is 47.6 Å². The minimum absolute atomic E-state index is 0.174. The van der Waals surface area contributed by atoms with Gasteiger partial charge in [-0.1, -0.05) is 44.5 Å². The van der Waals surface area contributed by atoms with E-state index < -0.39 is 0 Å². The van der Waals surface area contributed by atoms with Gasteiger partial charge in [0.05, 0.1) is 13.2 Å². The Bertz CT molecular complexity index is 1060. The fraction of sp³-hybridized carbons (Fsp3) is 0.429. The van der Waals surface area contributed by atoms with Gasteiger partial charge in [-0.25, -0.2) is 0 Å². The van der Waals surface area contributed by atoms with Crippen LogP contribution in [0, 0.1) is 5.92 Å². The van der Waals surface area contributed by atoms with Gasteiger partial charge in [0.1, 0.15) is 5.75 Å². The van der Waals surface area contributed by atoms with Gasteiger partial charge in [-0.15, -0.1) is 0 Å². The van der Waals surface area contributed by atoms with Gasteiger partial charge in [0.2, 0.25) is 0 Å². The molecule has 0 aromatic heterocycles. The molecule has 0 saturated carbocycles. The van der Waals surface area contributed by atoms with Crippen LogP contribution >= 0.6 is 11.6 Å². The van der Waals surface area contributed by atoms with Crippen LogP contribution in [0.3, 0.4) is 0 Å². The van der Waals surface area contributed by atoms with Crippen LogP contribution in [0.1, 0.15) is 54.7 Å². The number of amidine groups is 1. The van der Waals surface area contributed by atoms with E-state index in [9.17, 15) is 4.79 Å². The molecule has 7 heteroatoms. The Hall–Kier alpha value is -2.83. The molecule has 0 unspecified atom stereocenters. The summed E-state index contributed by atoms with van der Waals surface area (Å²) in [5, 5.41) is 7.96. The van der Waals surface area contributed by atoms with E-state index in [1.54, 1.807) is 6.08 Å². The highest BCUT2D eigenvalue weighted by Gasteiger charge is 2.16. The number of carbonyl (C=O) groups is 1. The summed E-state index contributed by atoms with van der Waals surface area (Å²) in [4.78, 5) is 15.4. The maximum Gasteiger partial charge on any atom is 0.256 e. The van der Waals surface area contributed by atoms with Gasteiger partial charge in [0.15, 0.2) is 5.84 Å². The molecule has 188 valence electrons. The van der Waals surface area contributed by atoms with Gasteiger partial charge >= 0.3 is 0 Å². The first-order chi connectivity index (χ1) is 16.9. The smallest absolute Gasteiger partial charge is 0.256 e. The normalized spacial score (nSPS) is 14.6. The van der Waals surface area contributed by atoms with Crippen LogP contribution in [0.25, 0.3) is 0 Å². The summed E-state index contributed by atoms with van der Waals surface area (Å²) in [6, 6.07) is 11.6. The largest absolute Gasteiger partial charge is 0.493 e. The van der Waals surface area contributed by atoms with Crippen molar-refractivity contribution in [2.24, 2.45) is 11.0 Å². The number of benzene rings is 2. The summed E-state index contributed by atoms with van der Waals surface area (Å²) in [6.07, 6.45) is 5.59. The van der Waals surface area contributed by atoms with E-state index in [1.807, 2.05) is 43.3 Å². The van der Waals surface area contributed by atoms with E-state index in [4.69, 9.17) is 16.3 Å². The molecule has 2 aromatic carbocycles. The van der Waals surface area contributed by atoms with Crippen LogP contribution in [0.15, 0.2) is 53.7 Å². The van der Waals surface area contributed by atoms with Gasteiger partial charge in [0.25, 0.3) is 5.91 Å². The third kappa shape index (κ3) is 8.11. The van der Waals surface area contributed by atoms with Crippen LogP contribution in [-0.4, -0.2) is 42.9 Å². The van der Waals surface area contributed by atoms with Gasteiger partial charge < -0.3 is 20.4 Å². The zero-order valence-electron chi connectivity index (χ0n) is 21.2. The first-order valence-corrected chi connectivity index (χ1v) is 12.8. The Labute approximate surface area is 214 Å². The van der Waals surface area contributed by atoms with Gasteiger partial charge in [-0.3, -0.25) is 4.79 Å². The van der Waals surface area contributed by atoms with Crippen molar-refractivity contribution >= 4 is 23.3 Å². The molecule has 3 rings (SSSR count).